The Bertz CT molecular complexity index is 1110. The lowest BCUT2D eigenvalue weighted by Gasteiger charge is -2.27. The third-order valence-electron chi connectivity index (χ3n) is 5.36. The Labute approximate surface area is 169 Å². The van der Waals surface area contributed by atoms with Gasteiger partial charge in [0.15, 0.2) is 0 Å². The summed E-state index contributed by atoms with van der Waals surface area (Å²) < 4.78 is 0. The highest BCUT2D eigenvalue weighted by atomic mass is 16.2. The molecule has 0 saturated carbocycles. The van der Waals surface area contributed by atoms with E-state index in [0.29, 0.717) is 16.5 Å². The molecular weight excluding hydrogens is 364 g/mol. The number of carbonyl (C=O) groups is 3. The van der Waals surface area contributed by atoms with Gasteiger partial charge < -0.3 is 5.32 Å². The average molecular weight is 386 g/mol. The van der Waals surface area contributed by atoms with Crippen molar-refractivity contribution in [2.75, 3.05) is 11.9 Å². The van der Waals surface area contributed by atoms with Gasteiger partial charge in [0, 0.05) is 35.2 Å². The van der Waals surface area contributed by atoms with Crippen molar-refractivity contribution in [1.82, 2.24) is 4.90 Å². The summed E-state index contributed by atoms with van der Waals surface area (Å²) in [6, 6.07) is 14.9. The first-order chi connectivity index (χ1) is 13.9. The molecule has 29 heavy (non-hydrogen) atoms. The molecule has 0 saturated heterocycles. The van der Waals surface area contributed by atoms with Gasteiger partial charge in [-0.15, -0.1) is 0 Å². The SMILES string of the molecule is Cc1cc(C)c(NC(=O)CCN2C(=O)c3cccc4cccc(c34)C2=O)c(C)c1. The van der Waals surface area contributed by atoms with Crippen LogP contribution in [0.15, 0.2) is 48.5 Å². The molecule has 0 aromatic heterocycles. The van der Waals surface area contributed by atoms with E-state index in [2.05, 4.69) is 5.32 Å². The lowest BCUT2D eigenvalue weighted by atomic mass is 9.94. The zero-order chi connectivity index (χ0) is 20.7. The molecule has 0 aliphatic carbocycles. The molecule has 3 amide bonds. The Kier molecular flexibility index (Phi) is 4.66. The predicted molar refractivity (Wildman–Crippen MR) is 113 cm³/mol. The smallest absolute Gasteiger partial charge is 0.261 e. The van der Waals surface area contributed by atoms with Crippen molar-refractivity contribution in [3.63, 3.8) is 0 Å². The first-order valence-electron chi connectivity index (χ1n) is 9.62. The summed E-state index contributed by atoms with van der Waals surface area (Å²) in [6.45, 7) is 5.95. The van der Waals surface area contributed by atoms with E-state index in [1.807, 2.05) is 57.2 Å². The van der Waals surface area contributed by atoms with Gasteiger partial charge in [-0.05, 0) is 49.4 Å². The highest BCUT2D eigenvalue weighted by Gasteiger charge is 2.32. The minimum absolute atomic E-state index is 0.0399. The number of carbonyl (C=O) groups excluding carboxylic acids is 3. The number of benzene rings is 3. The number of anilines is 1. The molecule has 0 atom stereocenters. The molecule has 0 spiro atoms. The van der Waals surface area contributed by atoms with Crippen LogP contribution in [0.4, 0.5) is 5.69 Å². The maximum atomic E-state index is 12.9. The number of rotatable bonds is 4. The maximum Gasteiger partial charge on any atom is 0.261 e. The molecule has 1 aliphatic heterocycles. The quantitative estimate of drug-likeness (QED) is 0.676. The number of amides is 3. The van der Waals surface area contributed by atoms with Crippen molar-refractivity contribution < 1.29 is 14.4 Å². The number of nitrogens with zero attached hydrogens (tertiary/aromatic N) is 1. The highest BCUT2D eigenvalue weighted by molar-refractivity contribution is 6.25. The van der Waals surface area contributed by atoms with Crippen LogP contribution in [-0.4, -0.2) is 29.2 Å². The minimum atomic E-state index is -0.352. The summed E-state index contributed by atoms with van der Waals surface area (Å²) in [4.78, 5) is 39.5. The number of hydrogen-bond acceptors (Lipinski definition) is 3. The third kappa shape index (κ3) is 3.29. The van der Waals surface area contributed by atoms with E-state index in [9.17, 15) is 14.4 Å². The molecule has 5 nitrogen and oxygen atoms in total. The van der Waals surface area contributed by atoms with Gasteiger partial charge in [-0.25, -0.2) is 0 Å². The lowest BCUT2D eigenvalue weighted by molar-refractivity contribution is -0.116. The van der Waals surface area contributed by atoms with E-state index in [0.717, 1.165) is 27.8 Å². The van der Waals surface area contributed by atoms with Crippen LogP contribution in [0, 0.1) is 20.8 Å². The number of aryl methyl sites for hydroxylation is 3. The Balaban J connectivity index is 1.53. The molecule has 0 radical (unpaired) electrons. The number of nitrogens with one attached hydrogen (secondary N) is 1. The Morgan fingerprint density at radius 3 is 2.00 bits per heavy atom. The minimum Gasteiger partial charge on any atom is -0.326 e. The van der Waals surface area contributed by atoms with Gasteiger partial charge in [-0.1, -0.05) is 42.0 Å². The van der Waals surface area contributed by atoms with Gasteiger partial charge in [0.1, 0.15) is 0 Å². The van der Waals surface area contributed by atoms with Crippen LogP contribution >= 0.6 is 0 Å². The van der Waals surface area contributed by atoms with Crippen LogP contribution in [0.2, 0.25) is 0 Å². The lowest BCUT2D eigenvalue weighted by Crippen LogP contribution is -2.41. The van der Waals surface area contributed by atoms with Crippen LogP contribution < -0.4 is 5.32 Å². The van der Waals surface area contributed by atoms with E-state index in [-0.39, 0.29) is 30.7 Å². The zero-order valence-corrected chi connectivity index (χ0v) is 16.7. The molecule has 5 heteroatoms. The second kappa shape index (κ2) is 7.17. The van der Waals surface area contributed by atoms with Gasteiger partial charge in [0.2, 0.25) is 5.91 Å². The molecule has 1 aliphatic rings. The molecule has 1 N–H and O–H groups in total. The van der Waals surface area contributed by atoms with Crippen LogP contribution in [0.5, 0.6) is 0 Å². The largest absolute Gasteiger partial charge is 0.326 e. The van der Waals surface area contributed by atoms with Crippen molar-refractivity contribution in [2.24, 2.45) is 0 Å². The first kappa shape index (κ1) is 18.9. The first-order valence-corrected chi connectivity index (χ1v) is 9.62. The maximum absolute atomic E-state index is 12.9. The standard InChI is InChI=1S/C24H22N2O3/c1-14-12-15(2)22(16(3)13-14)25-20(27)10-11-26-23(28)18-8-4-6-17-7-5-9-19(21(17)18)24(26)29/h4-9,12-13H,10-11H2,1-3H3,(H,25,27). The van der Waals surface area contributed by atoms with Crippen LogP contribution in [0.3, 0.4) is 0 Å². The van der Waals surface area contributed by atoms with E-state index >= 15 is 0 Å². The van der Waals surface area contributed by atoms with E-state index in [1.54, 1.807) is 12.1 Å². The fourth-order valence-corrected chi connectivity index (χ4v) is 4.08. The fraction of sp³-hybridized carbons (Fsp3) is 0.208. The van der Waals surface area contributed by atoms with Crippen molar-refractivity contribution in [2.45, 2.75) is 27.2 Å². The fourth-order valence-electron chi connectivity index (χ4n) is 4.08. The Morgan fingerprint density at radius 1 is 0.897 bits per heavy atom. The second-order valence-electron chi connectivity index (χ2n) is 7.54. The third-order valence-corrected chi connectivity index (χ3v) is 5.36. The molecule has 0 unspecified atom stereocenters. The molecule has 3 aromatic rings. The molecule has 146 valence electrons. The molecular formula is C24H22N2O3. The summed E-state index contributed by atoms with van der Waals surface area (Å²) in [5, 5.41) is 4.48. The molecule has 1 heterocycles. The Hall–Kier alpha value is -3.47. The Morgan fingerprint density at radius 2 is 1.45 bits per heavy atom. The summed E-state index contributed by atoms with van der Waals surface area (Å²) in [5.41, 5.74) is 4.90. The molecule has 0 fully saturated rings. The van der Waals surface area contributed by atoms with Crippen molar-refractivity contribution in [3.8, 4) is 0 Å². The summed E-state index contributed by atoms with van der Waals surface area (Å²) in [7, 11) is 0. The van der Waals surface area contributed by atoms with Crippen LogP contribution in [0.25, 0.3) is 10.8 Å². The van der Waals surface area contributed by atoms with Gasteiger partial charge in [0.05, 0.1) is 0 Å². The van der Waals surface area contributed by atoms with Crippen LogP contribution in [0.1, 0.15) is 43.8 Å². The summed E-state index contributed by atoms with van der Waals surface area (Å²) in [5.74, 6) is -0.928. The topological polar surface area (TPSA) is 66.5 Å². The predicted octanol–water partition coefficient (Wildman–Crippen LogP) is 4.39. The number of imide groups is 1. The van der Waals surface area contributed by atoms with Crippen LogP contribution in [-0.2, 0) is 4.79 Å². The van der Waals surface area contributed by atoms with E-state index < -0.39 is 0 Å². The second-order valence-corrected chi connectivity index (χ2v) is 7.54. The van der Waals surface area contributed by atoms with Gasteiger partial charge in [0.25, 0.3) is 11.8 Å². The van der Waals surface area contributed by atoms with E-state index in [1.165, 1.54) is 4.90 Å². The van der Waals surface area contributed by atoms with Crippen molar-refractivity contribution >= 4 is 34.2 Å². The number of hydrogen-bond donors (Lipinski definition) is 1. The van der Waals surface area contributed by atoms with Crippen molar-refractivity contribution in [1.29, 1.82) is 0 Å². The zero-order valence-electron chi connectivity index (χ0n) is 16.7. The highest BCUT2D eigenvalue weighted by Crippen LogP contribution is 2.30. The van der Waals surface area contributed by atoms with Gasteiger partial charge in [-0.3, -0.25) is 19.3 Å². The van der Waals surface area contributed by atoms with Gasteiger partial charge in [-0.2, -0.15) is 0 Å². The van der Waals surface area contributed by atoms with Gasteiger partial charge >= 0.3 is 0 Å². The normalized spacial score (nSPS) is 13.1. The molecule has 3 aromatic carbocycles. The molecule has 4 rings (SSSR count). The monoisotopic (exact) mass is 386 g/mol. The van der Waals surface area contributed by atoms with Crippen molar-refractivity contribution in [3.05, 3.63) is 76.3 Å². The molecule has 0 bridgehead atoms. The average Bonchev–Trinajstić information content (AvgIpc) is 2.68. The summed E-state index contributed by atoms with van der Waals surface area (Å²) >= 11 is 0. The summed E-state index contributed by atoms with van der Waals surface area (Å²) in [6.07, 6.45) is 0.0440. The van der Waals surface area contributed by atoms with E-state index in [4.69, 9.17) is 0 Å².